The molecule has 0 unspecified atom stereocenters. The summed E-state index contributed by atoms with van der Waals surface area (Å²) < 4.78 is 52.4. The predicted molar refractivity (Wildman–Crippen MR) is 166 cm³/mol. The number of benzene rings is 2. The summed E-state index contributed by atoms with van der Waals surface area (Å²) in [6.45, 7) is 6.08. The number of alkyl halides is 1. The molecule has 44 heavy (non-hydrogen) atoms. The van der Waals surface area contributed by atoms with Crippen LogP contribution in [0.1, 0.15) is 45.1 Å². The zero-order valence-corrected chi connectivity index (χ0v) is 25.1. The van der Waals surface area contributed by atoms with Crippen LogP contribution >= 0.6 is 0 Å². The van der Waals surface area contributed by atoms with Crippen LogP contribution in [0.3, 0.4) is 0 Å². The van der Waals surface area contributed by atoms with Crippen molar-refractivity contribution in [3.63, 3.8) is 0 Å². The summed E-state index contributed by atoms with van der Waals surface area (Å²) in [5.41, 5.74) is 0.314. The predicted octanol–water partition coefficient (Wildman–Crippen LogP) is 5.64. The van der Waals surface area contributed by atoms with Crippen molar-refractivity contribution >= 4 is 27.5 Å². The highest BCUT2D eigenvalue weighted by Gasteiger charge is 2.49. The fourth-order valence-electron chi connectivity index (χ4n) is 7.52. The molecule has 2 aromatic heterocycles. The third-order valence-electron chi connectivity index (χ3n) is 9.69. The number of nitrogens with one attached hydrogen (secondary N) is 1. The Kier molecular flexibility index (Phi) is 7.34. The van der Waals surface area contributed by atoms with Gasteiger partial charge >= 0.3 is 6.01 Å². The molecule has 2 aromatic carbocycles. The number of hydrogen-bond acceptors (Lipinski definition) is 7. The molecule has 1 N–H and O–H groups in total. The molecule has 3 saturated heterocycles. The van der Waals surface area contributed by atoms with E-state index in [-0.39, 0.29) is 41.5 Å². The van der Waals surface area contributed by atoms with Crippen LogP contribution in [0.5, 0.6) is 6.01 Å². The van der Waals surface area contributed by atoms with Gasteiger partial charge in [-0.15, -0.1) is 5.92 Å². The Balaban J connectivity index is 1.37. The van der Waals surface area contributed by atoms with Gasteiger partial charge in [0.15, 0.2) is 5.82 Å². The molecule has 0 spiro atoms. The van der Waals surface area contributed by atoms with Crippen LogP contribution < -0.4 is 15.0 Å². The van der Waals surface area contributed by atoms with E-state index in [2.05, 4.69) is 38.9 Å². The number of ether oxygens (including phenoxy) is 1. The average molecular weight is 601 g/mol. The van der Waals surface area contributed by atoms with Crippen LogP contribution in [-0.4, -0.2) is 76.9 Å². The van der Waals surface area contributed by atoms with Gasteiger partial charge < -0.3 is 15.0 Å². The van der Waals surface area contributed by atoms with E-state index in [0.29, 0.717) is 35.1 Å². The minimum atomic E-state index is -0.895. The lowest BCUT2D eigenvalue weighted by atomic mass is 9.95. The van der Waals surface area contributed by atoms with E-state index in [9.17, 15) is 8.78 Å². The summed E-state index contributed by atoms with van der Waals surface area (Å²) in [5, 5.41) is 5.13. The number of likely N-dealkylation sites (N-methyl/N-ethyl adjacent to an activating group) is 1. The van der Waals surface area contributed by atoms with Crippen LogP contribution in [0.25, 0.3) is 32.9 Å². The SMILES string of the molecule is CC#Cc1c(F)ccc2cccc(-c3ncc4c(N(C)[C@@H]5CCN[C@@H]5C)nc(OC[C@@]56CCCN5C[C@H](F)C6)nc4c3F)c12. The lowest BCUT2D eigenvalue weighted by Gasteiger charge is -2.31. The van der Waals surface area contributed by atoms with Gasteiger partial charge in [-0.05, 0) is 57.7 Å². The number of nitrogens with zero attached hydrogens (tertiary/aromatic N) is 5. The quantitative estimate of drug-likeness (QED) is 0.288. The summed E-state index contributed by atoms with van der Waals surface area (Å²) >= 11 is 0. The third-order valence-corrected chi connectivity index (χ3v) is 9.69. The normalized spacial score (nSPS) is 24.9. The van der Waals surface area contributed by atoms with Gasteiger partial charge in [-0.1, -0.05) is 30.2 Å². The largest absolute Gasteiger partial charge is 0.461 e. The summed E-state index contributed by atoms with van der Waals surface area (Å²) in [5.74, 6) is 5.01. The fraction of sp³-hybridized carbons (Fsp3) is 0.441. The van der Waals surface area contributed by atoms with Crippen molar-refractivity contribution in [2.24, 2.45) is 0 Å². The molecular formula is C34H35F3N6O. The zero-order chi connectivity index (χ0) is 30.6. The third kappa shape index (κ3) is 4.74. The van der Waals surface area contributed by atoms with Gasteiger partial charge in [-0.3, -0.25) is 9.88 Å². The van der Waals surface area contributed by atoms with E-state index < -0.39 is 23.3 Å². The second kappa shape index (κ2) is 11.2. The Bertz CT molecular complexity index is 1820. The second-order valence-corrected chi connectivity index (χ2v) is 12.3. The van der Waals surface area contributed by atoms with Crippen LogP contribution in [0.15, 0.2) is 36.5 Å². The Labute approximate surface area is 254 Å². The summed E-state index contributed by atoms with van der Waals surface area (Å²) in [6, 6.07) is 8.73. The highest BCUT2D eigenvalue weighted by Crippen LogP contribution is 2.41. The van der Waals surface area contributed by atoms with Crippen LogP contribution in [-0.2, 0) is 0 Å². The van der Waals surface area contributed by atoms with Crippen LogP contribution in [0, 0.1) is 23.5 Å². The molecule has 0 aliphatic carbocycles. The molecule has 228 valence electrons. The average Bonchev–Trinajstić information content (AvgIpc) is 3.70. The zero-order valence-electron chi connectivity index (χ0n) is 25.1. The van der Waals surface area contributed by atoms with Gasteiger partial charge in [0, 0.05) is 49.2 Å². The molecule has 4 aromatic rings. The maximum Gasteiger partial charge on any atom is 0.319 e. The van der Waals surface area contributed by atoms with Gasteiger partial charge in [-0.25, -0.2) is 13.2 Å². The van der Waals surface area contributed by atoms with E-state index in [1.807, 2.05) is 18.0 Å². The highest BCUT2D eigenvalue weighted by atomic mass is 19.1. The molecule has 7 rings (SSSR count). The van der Waals surface area contributed by atoms with Gasteiger partial charge in [0.2, 0.25) is 0 Å². The summed E-state index contributed by atoms with van der Waals surface area (Å²) in [4.78, 5) is 18.2. The Morgan fingerprint density at radius 2 is 2.07 bits per heavy atom. The lowest BCUT2D eigenvalue weighted by molar-refractivity contribution is 0.107. The van der Waals surface area contributed by atoms with E-state index in [4.69, 9.17) is 9.72 Å². The molecule has 4 atom stereocenters. The standard InChI is InChI=1S/C34H35F3N6O/c1-4-7-23-26(36)11-10-21-8-5-9-24(28(21)23)30-29(37)31-25(17-39-30)32(42(3)27-12-14-38-20(27)2)41-33(40-31)44-19-34-13-6-15-43(34)18-22(35)16-34/h5,8-11,17,20,22,27,38H,6,12-16,18-19H2,1-3H3/t20-,22-,27-,34+/m1/s1. The molecular weight excluding hydrogens is 565 g/mol. The fourth-order valence-corrected chi connectivity index (χ4v) is 7.52. The molecule has 0 saturated carbocycles. The van der Waals surface area contributed by atoms with E-state index in [1.54, 1.807) is 31.3 Å². The van der Waals surface area contributed by atoms with Gasteiger partial charge in [-0.2, -0.15) is 9.97 Å². The first-order chi connectivity index (χ1) is 21.3. The first kappa shape index (κ1) is 28.8. The van der Waals surface area contributed by atoms with Gasteiger partial charge in [0.05, 0.1) is 16.5 Å². The van der Waals surface area contributed by atoms with Crippen molar-refractivity contribution in [2.75, 3.05) is 38.2 Å². The molecule has 3 aliphatic heterocycles. The topological polar surface area (TPSA) is 66.4 Å². The van der Waals surface area contributed by atoms with Crippen molar-refractivity contribution < 1.29 is 17.9 Å². The van der Waals surface area contributed by atoms with Crippen molar-refractivity contribution in [2.45, 2.75) is 63.3 Å². The Morgan fingerprint density at radius 1 is 1.20 bits per heavy atom. The van der Waals surface area contributed by atoms with Crippen molar-refractivity contribution in [1.29, 1.82) is 0 Å². The van der Waals surface area contributed by atoms with Crippen molar-refractivity contribution in [3.8, 4) is 29.1 Å². The molecule has 3 aliphatic rings. The maximum absolute atomic E-state index is 16.8. The monoisotopic (exact) mass is 600 g/mol. The van der Waals surface area contributed by atoms with Crippen LogP contribution in [0.4, 0.5) is 19.0 Å². The molecule has 10 heteroatoms. The van der Waals surface area contributed by atoms with Gasteiger partial charge in [0.1, 0.15) is 35.6 Å². The second-order valence-electron chi connectivity index (χ2n) is 12.3. The summed E-state index contributed by atoms with van der Waals surface area (Å²) in [7, 11) is 1.94. The molecule has 0 radical (unpaired) electrons. The number of halogens is 3. The minimum absolute atomic E-state index is 0.0404. The maximum atomic E-state index is 16.8. The number of aromatic nitrogens is 3. The van der Waals surface area contributed by atoms with E-state index >= 15 is 4.39 Å². The number of rotatable bonds is 6. The Morgan fingerprint density at radius 3 is 2.86 bits per heavy atom. The summed E-state index contributed by atoms with van der Waals surface area (Å²) in [6.07, 6.45) is 3.81. The van der Waals surface area contributed by atoms with E-state index in [0.717, 1.165) is 37.7 Å². The smallest absolute Gasteiger partial charge is 0.319 e. The van der Waals surface area contributed by atoms with Crippen molar-refractivity contribution in [1.82, 2.24) is 25.2 Å². The molecule has 3 fully saturated rings. The number of pyridine rings is 1. The first-order valence-corrected chi connectivity index (χ1v) is 15.3. The minimum Gasteiger partial charge on any atom is -0.461 e. The van der Waals surface area contributed by atoms with Crippen molar-refractivity contribution in [3.05, 3.63) is 53.7 Å². The van der Waals surface area contributed by atoms with Crippen LogP contribution in [0.2, 0.25) is 0 Å². The number of fused-ring (bicyclic) bond motifs is 3. The first-order valence-electron chi connectivity index (χ1n) is 15.3. The molecule has 5 heterocycles. The highest BCUT2D eigenvalue weighted by molar-refractivity contribution is 6.02. The lowest BCUT2D eigenvalue weighted by Crippen LogP contribution is -2.43. The molecule has 0 bridgehead atoms. The number of hydrogen-bond donors (Lipinski definition) is 1. The molecule has 0 amide bonds. The van der Waals surface area contributed by atoms with Gasteiger partial charge in [0.25, 0.3) is 0 Å². The Hall–Kier alpha value is -3.94. The number of anilines is 1. The van der Waals surface area contributed by atoms with E-state index in [1.165, 1.54) is 6.07 Å². The molecule has 7 nitrogen and oxygen atoms in total.